The van der Waals surface area contributed by atoms with Gasteiger partial charge in [-0.15, -0.1) is 0 Å². The second-order valence-corrected chi connectivity index (χ2v) is 13.6. The van der Waals surface area contributed by atoms with Crippen LogP contribution in [0.15, 0.2) is 75.1 Å². The molecular formula is C28H36N4O6S2. The predicted molar refractivity (Wildman–Crippen MR) is 155 cm³/mol. The quantitative estimate of drug-likeness (QED) is 0.345. The summed E-state index contributed by atoms with van der Waals surface area (Å²) in [5, 5.41) is 0. The number of nitrogens with zero attached hydrogens (tertiary/aromatic N) is 2. The van der Waals surface area contributed by atoms with Crippen LogP contribution in [-0.4, -0.2) is 61.4 Å². The van der Waals surface area contributed by atoms with Crippen LogP contribution in [0.3, 0.4) is 0 Å². The van der Waals surface area contributed by atoms with Gasteiger partial charge in [0.05, 0.1) is 16.1 Å². The number of carbonyl (C=O) groups is 1. The van der Waals surface area contributed by atoms with Crippen molar-refractivity contribution in [2.45, 2.75) is 42.4 Å². The first kappa shape index (κ1) is 29.6. The number of anilines is 2. The molecule has 2 N–H and O–H groups in total. The highest BCUT2D eigenvalue weighted by molar-refractivity contribution is 7.93. The van der Waals surface area contributed by atoms with E-state index in [2.05, 4.69) is 9.44 Å². The van der Waals surface area contributed by atoms with Crippen molar-refractivity contribution in [2.75, 3.05) is 43.4 Å². The van der Waals surface area contributed by atoms with Crippen molar-refractivity contribution < 1.29 is 26.0 Å². The average Bonchev–Trinajstić information content (AvgIpc) is 3.47. The Bertz CT molecular complexity index is 1530. The van der Waals surface area contributed by atoms with Crippen LogP contribution >= 0.6 is 0 Å². The summed E-state index contributed by atoms with van der Waals surface area (Å²) >= 11 is 0. The highest BCUT2D eigenvalue weighted by Crippen LogP contribution is 2.33. The molecule has 0 spiro atoms. The highest BCUT2D eigenvalue weighted by atomic mass is 32.2. The summed E-state index contributed by atoms with van der Waals surface area (Å²) in [5.41, 5.74) is 1.86. The van der Waals surface area contributed by atoms with Gasteiger partial charge in [0.25, 0.3) is 10.0 Å². The largest absolute Gasteiger partial charge is 0.464 e. The summed E-state index contributed by atoms with van der Waals surface area (Å²) in [4.78, 5) is 15.5. The molecule has 2 aromatic carbocycles. The summed E-state index contributed by atoms with van der Waals surface area (Å²) < 4.78 is 63.3. The first-order valence-corrected chi connectivity index (χ1v) is 16.2. The van der Waals surface area contributed by atoms with Crippen LogP contribution in [0.4, 0.5) is 11.4 Å². The van der Waals surface area contributed by atoms with E-state index in [-0.39, 0.29) is 28.2 Å². The number of benzene rings is 2. The molecule has 0 aliphatic carbocycles. The predicted octanol–water partition coefficient (Wildman–Crippen LogP) is 4.13. The lowest BCUT2D eigenvalue weighted by Gasteiger charge is -2.32. The van der Waals surface area contributed by atoms with Gasteiger partial charge in [-0.05, 0) is 73.7 Å². The molecule has 40 heavy (non-hydrogen) atoms. The lowest BCUT2D eigenvalue weighted by molar-refractivity contribution is -0.132. The fourth-order valence-corrected chi connectivity index (χ4v) is 7.04. The van der Waals surface area contributed by atoms with Gasteiger partial charge in [-0.25, -0.2) is 21.6 Å². The maximum Gasteiger partial charge on any atom is 0.261 e. The van der Waals surface area contributed by atoms with Crippen molar-refractivity contribution in [3.8, 4) is 11.3 Å². The fourth-order valence-electron chi connectivity index (χ4n) is 4.71. The molecule has 1 fully saturated rings. The van der Waals surface area contributed by atoms with Gasteiger partial charge in [-0.3, -0.25) is 9.52 Å². The Kier molecular flexibility index (Phi) is 9.22. The Hall–Kier alpha value is -3.35. The minimum Gasteiger partial charge on any atom is -0.464 e. The molecule has 1 aromatic heterocycles. The van der Waals surface area contributed by atoms with E-state index in [1.165, 1.54) is 18.2 Å². The topological polar surface area (TPSA) is 129 Å². The Morgan fingerprint density at radius 1 is 0.975 bits per heavy atom. The van der Waals surface area contributed by atoms with Crippen molar-refractivity contribution in [3.05, 3.63) is 60.9 Å². The number of rotatable bonds is 11. The SMILES string of the molecule is CCCC(=O)N1CCC(CNS(=O)(=O)c2cccc(S(=O)(=O)Nc3ccc(N(C)C)c(-c4ccco4)c3)c2)CC1. The van der Waals surface area contributed by atoms with Crippen LogP contribution in [0.1, 0.15) is 32.6 Å². The number of likely N-dealkylation sites (tertiary alicyclic amines) is 1. The normalized spacial score (nSPS) is 14.7. The molecule has 0 radical (unpaired) electrons. The number of hydrogen-bond acceptors (Lipinski definition) is 7. The van der Waals surface area contributed by atoms with Gasteiger partial charge >= 0.3 is 0 Å². The molecule has 4 rings (SSSR count). The molecule has 1 aliphatic rings. The van der Waals surface area contributed by atoms with Gasteiger partial charge in [-0.2, -0.15) is 0 Å². The molecular weight excluding hydrogens is 552 g/mol. The van der Waals surface area contributed by atoms with E-state index in [1.807, 2.05) is 30.8 Å². The fraction of sp³-hybridized carbons (Fsp3) is 0.393. The number of furan rings is 1. The number of amides is 1. The first-order valence-electron chi connectivity index (χ1n) is 13.3. The van der Waals surface area contributed by atoms with Gasteiger partial charge in [0.2, 0.25) is 15.9 Å². The summed E-state index contributed by atoms with van der Waals surface area (Å²) in [7, 11) is -4.28. The maximum absolute atomic E-state index is 13.2. The molecule has 1 saturated heterocycles. The molecule has 216 valence electrons. The van der Waals surface area contributed by atoms with Crippen molar-refractivity contribution in [1.82, 2.24) is 9.62 Å². The molecule has 1 amide bonds. The van der Waals surface area contributed by atoms with Crippen LogP contribution in [0.2, 0.25) is 0 Å². The highest BCUT2D eigenvalue weighted by Gasteiger charge is 2.25. The molecule has 12 heteroatoms. The Balaban J connectivity index is 1.45. The smallest absolute Gasteiger partial charge is 0.261 e. The third kappa shape index (κ3) is 7.04. The van der Waals surface area contributed by atoms with E-state index in [1.54, 1.807) is 36.6 Å². The third-order valence-corrected chi connectivity index (χ3v) is 9.74. The number of sulfonamides is 2. The van der Waals surface area contributed by atoms with Crippen LogP contribution < -0.4 is 14.3 Å². The van der Waals surface area contributed by atoms with Gasteiger partial charge in [0.15, 0.2) is 0 Å². The summed E-state index contributed by atoms with van der Waals surface area (Å²) in [6.07, 6.45) is 4.30. The van der Waals surface area contributed by atoms with E-state index in [0.717, 1.165) is 18.2 Å². The molecule has 1 aliphatic heterocycles. The maximum atomic E-state index is 13.2. The van der Waals surface area contributed by atoms with E-state index < -0.39 is 20.0 Å². The van der Waals surface area contributed by atoms with E-state index in [4.69, 9.17) is 4.42 Å². The number of carbonyl (C=O) groups excluding carboxylic acids is 1. The van der Waals surface area contributed by atoms with Gasteiger partial charge in [0, 0.05) is 57.1 Å². The lowest BCUT2D eigenvalue weighted by Crippen LogP contribution is -2.41. The molecule has 0 saturated carbocycles. The number of nitrogens with one attached hydrogen (secondary N) is 2. The van der Waals surface area contributed by atoms with E-state index in [9.17, 15) is 21.6 Å². The molecule has 3 aromatic rings. The Labute approximate surface area is 236 Å². The van der Waals surface area contributed by atoms with Gasteiger partial charge in [0.1, 0.15) is 5.76 Å². The minimum atomic E-state index is -4.09. The Morgan fingerprint density at radius 3 is 2.30 bits per heavy atom. The van der Waals surface area contributed by atoms with Crippen LogP contribution in [-0.2, 0) is 24.8 Å². The first-order chi connectivity index (χ1) is 19.0. The minimum absolute atomic E-state index is 0.0996. The average molecular weight is 589 g/mol. The zero-order chi connectivity index (χ0) is 28.9. The van der Waals surface area contributed by atoms with Crippen molar-refractivity contribution >= 4 is 37.3 Å². The van der Waals surface area contributed by atoms with Gasteiger partial charge in [-0.1, -0.05) is 13.0 Å². The second-order valence-electron chi connectivity index (χ2n) is 10.1. The van der Waals surface area contributed by atoms with Crippen molar-refractivity contribution in [3.63, 3.8) is 0 Å². The molecule has 0 bridgehead atoms. The van der Waals surface area contributed by atoms with Crippen LogP contribution in [0.25, 0.3) is 11.3 Å². The zero-order valence-electron chi connectivity index (χ0n) is 23.0. The Morgan fingerprint density at radius 2 is 1.68 bits per heavy atom. The third-order valence-electron chi connectivity index (χ3n) is 6.94. The number of piperidine rings is 1. The summed E-state index contributed by atoms with van der Waals surface area (Å²) in [5.74, 6) is 0.823. The summed E-state index contributed by atoms with van der Waals surface area (Å²) in [6, 6.07) is 13.9. The molecule has 0 atom stereocenters. The van der Waals surface area contributed by atoms with Gasteiger partial charge < -0.3 is 14.2 Å². The number of hydrogen-bond donors (Lipinski definition) is 2. The van der Waals surface area contributed by atoms with E-state index in [0.29, 0.717) is 49.4 Å². The van der Waals surface area contributed by atoms with Crippen molar-refractivity contribution in [1.29, 1.82) is 0 Å². The standard InChI is InChI=1S/C28H36N4O6S2/c1-4-7-28(33)32-15-13-21(14-16-32)20-29-39(34,35)23-8-5-9-24(19-23)40(36,37)30-22-11-12-26(31(2)3)25(18-22)27-10-6-17-38-27/h5-6,8-12,17-19,21,29-30H,4,7,13-16,20H2,1-3H3. The zero-order valence-corrected chi connectivity index (χ0v) is 24.6. The molecule has 2 heterocycles. The second kappa shape index (κ2) is 12.4. The van der Waals surface area contributed by atoms with Crippen LogP contribution in [0, 0.1) is 5.92 Å². The lowest BCUT2D eigenvalue weighted by atomic mass is 9.97. The molecule has 0 unspecified atom stereocenters. The molecule has 10 nitrogen and oxygen atoms in total. The van der Waals surface area contributed by atoms with E-state index >= 15 is 0 Å². The van der Waals surface area contributed by atoms with Crippen LogP contribution in [0.5, 0.6) is 0 Å². The monoisotopic (exact) mass is 588 g/mol. The summed E-state index contributed by atoms with van der Waals surface area (Å²) in [6.45, 7) is 3.42. The van der Waals surface area contributed by atoms with Crippen molar-refractivity contribution in [2.24, 2.45) is 5.92 Å².